The highest BCUT2D eigenvalue weighted by atomic mass is 79.9. The Morgan fingerprint density at radius 3 is 3.00 bits per heavy atom. The Morgan fingerprint density at radius 1 is 1.38 bits per heavy atom. The summed E-state index contributed by atoms with van der Waals surface area (Å²) >= 11 is 5.34. The first-order valence-corrected chi connectivity index (χ1v) is 8.88. The Morgan fingerprint density at radius 2 is 2.19 bits per heavy atom. The molecule has 0 fully saturated rings. The molecule has 2 aromatic rings. The molecule has 0 N–H and O–H groups in total. The number of hydrogen-bond donors (Lipinski definition) is 0. The Kier molecular flexibility index (Phi) is 4.45. The second kappa shape index (κ2) is 6.32. The second-order valence-corrected chi connectivity index (χ2v) is 7.38. The first kappa shape index (κ1) is 14.8. The van der Waals surface area contributed by atoms with E-state index in [2.05, 4.69) is 33.4 Å². The number of nitrogens with zero attached hydrogens (tertiary/aromatic N) is 1. The van der Waals surface area contributed by atoms with Gasteiger partial charge < -0.3 is 4.90 Å². The van der Waals surface area contributed by atoms with E-state index >= 15 is 0 Å². The zero-order chi connectivity index (χ0) is 14.8. The van der Waals surface area contributed by atoms with Gasteiger partial charge in [-0.25, -0.2) is 0 Å². The molecule has 1 amide bonds. The van der Waals surface area contributed by atoms with Crippen molar-refractivity contribution in [1.29, 1.82) is 0 Å². The standard InChI is InChI=1S/C17H18BrNOS/c1-19(11-12-5-2-3-7-15(12)18)17(20)14-6-4-8-16-13(14)9-10-21-16/h2-3,5,7,9-10,14H,4,6,8,11H2,1H3. The Labute approximate surface area is 137 Å². The molecule has 0 spiro atoms. The van der Waals surface area contributed by atoms with E-state index in [0.29, 0.717) is 6.54 Å². The van der Waals surface area contributed by atoms with Gasteiger partial charge in [0.15, 0.2) is 0 Å². The molecule has 0 saturated carbocycles. The van der Waals surface area contributed by atoms with E-state index in [1.807, 2.05) is 30.1 Å². The predicted molar refractivity (Wildman–Crippen MR) is 90.6 cm³/mol. The molecule has 1 aliphatic carbocycles. The van der Waals surface area contributed by atoms with Crippen LogP contribution in [0.1, 0.15) is 34.8 Å². The molecular formula is C17H18BrNOS. The highest BCUT2D eigenvalue weighted by Gasteiger charge is 2.29. The number of rotatable bonds is 3. The van der Waals surface area contributed by atoms with Crippen LogP contribution in [0.15, 0.2) is 40.2 Å². The number of aryl methyl sites for hydroxylation is 1. The third-order valence-electron chi connectivity index (χ3n) is 4.09. The normalized spacial score (nSPS) is 17.3. The van der Waals surface area contributed by atoms with Crippen LogP contribution in [0.3, 0.4) is 0 Å². The minimum Gasteiger partial charge on any atom is -0.341 e. The lowest BCUT2D eigenvalue weighted by Gasteiger charge is -2.27. The summed E-state index contributed by atoms with van der Waals surface area (Å²) in [4.78, 5) is 16.0. The van der Waals surface area contributed by atoms with Gasteiger partial charge in [0.05, 0.1) is 5.92 Å². The molecule has 3 rings (SSSR count). The summed E-state index contributed by atoms with van der Waals surface area (Å²) in [7, 11) is 1.91. The third kappa shape index (κ3) is 3.06. The number of benzene rings is 1. The molecule has 1 heterocycles. The van der Waals surface area contributed by atoms with Crippen molar-refractivity contribution in [2.24, 2.45) is 0 Å². The van der Waals surface area contributed by atoms with E-state index < -0.39 is 0 Å². The summed E-state index contributed by atoms with van der Waals surface area (Å²) in [5.74, 6) is 0.289. The van der Waals surface area contributed by atoms with Gasteiger partial charge in [-0.15, -0.1) is 11.3 Å². The molecule has 4 heteroatoms. The Hall–Kier alpha value is -1.13. The molecule has 1 aromatic carbocycles. The van der Waals surface area contributed by atoms with Crippen molar-refractivity contribution in [3.8, 4) is 0 Å². The first-order valence-electron chi connectivity index (χ1n) is 7.21. The lowest BCUT2D eigenvalue weighted by atomic mass is 9.87. The molecule has 2 nitrogen and oxygen atoms in total. The molecule has 110 valence electrons. The summed E-state index contributed by atoms with van der Waals surface area (Å²) in [6.07, 6.45) is 3.22. The van der Waals surface area contributed by atoms with Crippen LogP contribution in [-0.2, 0) is 17.8 Å². The summed E-state index contributed by atoms with van der Waals surface area (Å²) < 4.78 is 1.06. The topological polar surface area (TPSA) is 20.3 Å². The van der Waals surface area contributed by atoms with Crippen molar-refractivity contribution in [3.63, 3.8) is 0 Å². The molecule has 0 bridgehead atoms. The molecular weight excluding hydrogens is 346 g/mol. The average Bonchev–Trinajstić information content (AvgIpc) is 2.97. The van der Waals surface area contributed by atoms with Gasteiger partial charge in [-0.1, -0.05) is 34.1 Å². The zero-order valence-corrected chi connectivity index (χ0v) is 14.4. The third-order valence-corrected chi connectivity index (χ3v) is 5.86. The number of thiophene rings is 1. The first-order chi connectivity index (χ1) is 10.2. The number of hydrogen-bond acceptors (Lipinski definition) is 2. The van der Waals surface area contributed by atoms with E-state index in [9.17, 15) is 4.79 Å². The van der Waals surface area contributed by atoms with Gasteiger partial charge in [0.25, 0.3) is 0 Å². The average molecular weight is 364 g/mol. The minimum atomic E-state index is 0.0486. The zero-order valence-electron chi connectivity index (χ0n) is 12.0. The number of fused-ring (bicyclic) bond motifs is 1. The molecule has 1 aliphatic rings. The van der Waals surface area contributed by atoms with Crippen molar-refractivity contribution in [3.05, 3.63) is 56.2 Å². The van der Waals surface area contributed by atoms with Gasteiger partial charge in [-0.05, 0) is 47.9 Å². The SMILES string of the molecule is CN(Cc1ccccc1Br)C(=O)C1CCCc2sccc21. The van der Waals surface area contributed by atoms with E-state index in [0.717, 1.165) is 29.3 Å². The van der Waals surface area contributed by atoms with E-state index in [1.165, 1.54) is 10.4 Å². The van der Waals surface area contributed by atoms with Crippen molar-refractivity contribution in [1.82, 2.24) is 4.90 Å². The maximum absolute atomic E-state index is 12.8. The summed E-state index contributed by atoms with van der Waals surface area (Å²) in [6.45, 7) is 0.649. The molecule has 1 unspecified atom stereocenters. The van der Waals surface area contributed by atoms with Gasteiger partial charge in [0, 0.05) is 22.9 Å². The highest BCUT2D eigenvalue weighted by molar-refractivity contribution is 9.10. The van der Waals surface area contributed by atoms with Gasteiger partial charge in [-0.3, -0.25) is 4.79 Å². The lowest BCUT2D eigenvalue weighted by molar-refractivity contribution is -0.132. The molecule has 0 radical (unpaired) electrons. The predicted octanol–water partition coefficient (Wildman–Crippen LogP) is 4.59. The monoisotopic (exact) mass is 363 g/mol. The largest absolute Gasteiger partial charge is 0.341 e. The van der Waals surface area contributed by atoms with Crippen LogP contribution in [-0.4, -0.2) is 17.9 Å². The molecule has 1 atom stereocenters. The fraction of sp³-hybridized carbons (Fsp3) is 0.353. The van der Waals surface area contributed by atoms with Crippen LogP contribution < -0.4 is 0 Å². The van der Waals surface area contributed by atoms with Crippen LogP contribution in [0, 0.1) is 0 Å². The smallest absolute Gasteiger partial charge is 0.230 e. The summed E-state index contributed by atoms with van der Waals surface area (Å²) in [5, 5.41) is 2.12. The number of carbonyl (C=O) groups is 1. The van der Waals surface area contributed by atoms with Crippen molar-refractivity contribution < 1.29 is 4.79 Å². The minimum absolute atomic E-state index is 0.0486. The fourth-order valence-corrected chi connectivity index (χ4v) is 4.37. The maximum Gasteiger partial charge on any atom is 0.230 e. The fourth-order valence-electron chi connectivity index (χ4n) is 2.97. The molecule has 1 aromatic heterocycles. The van der Waals surface area contributed by atoms with Gasteiger partial charge in [-0.2, -0.15) is 0 Å². The highest BCUT2D eigenvalue weighted by Crippen LogP contribution is 2.36. The lowest BCUT2D eigenvalue weighted by Crippen LogP contribution is -2.32. The number of carbonyl (C=O) groups excluding carboxylic acids is 1. The van der Waals surface area contributed by atoms with Crippen molar-refractivity contribution in [2.75, 3.05) is 7.05 Å². The van der Waals surface area contributed by atoms with E-state index in [1.54, 1.807) is 11.3 Å². The Balaban J connectivity index is 1.76. The van der Waals surface area contributed by atoms with Crippen LogP contribution in [0.25, 0.3) is 0 Å². The molecule has 0 aliphatic heterocycles. The summed E-state index contributed by atoms with van der Waals surface area (Å²) in [6, 6.07) is 10.2. The Bertz CT molecular complexity index is 652. The quantitative estimate of drug-likeness (QED) is 0.780. The van der Waals surface area contributed by atoms with Crippen LogP contribution >= 0.6 is 27.3 Å². The molecule has 21 heavy (non-hydrogen) atoms. The van der Waals surface area contributed by atoms with E-state index in [-0.39, 0.29) is 11.8 Å². The van der Waals surface area contributed by atoms with Gasteiger partial charge in [0.1, 0.15) is 0 Å². The molecule has 0 saturated heterocycles. The van der Waals surface area contributed by atoms with Crippen molar-refractivity contribution in [2.45, 2.75) is 31.7 Å². The number of likely N-dealkylation sites (N-methyl/N-ethyl adjacent to an activating group) is 1. The van der Waals surface area contributed by atoms with Crippen molar-refractivity contribution >= 4 is 33.2 Å². The maximum atomic E-state index is 12.8. The number of amides is 1. The summed E-state index contributed by atoms with van der Waals surface area (Å²) in [5.41, 5.74) is 2.41. The van der Waals surface area contributed by atoms with Crippen LogP contribution in [0.5, 0.6) is 0 Å². The van der Waals surface area contributed by atoms with Crippen LogP contribution in [0.4, 0.5) is 0 Å². The van der Waals surface area contributed by atoms with Gasteiger partial charge in [0.2, 0.25) is 5.91 Å². The van der Waals surface area contributed by atoms with Gasteiger partial charge >= 0.3 is 0 Å². The van der Waals surface area contributed by atoms with Crippen LogP contribution in [0.2, 0.25) is 0 Å². The number of halogens is 1. The second-order valence-electron chi connectivity index (χ2n) is 5.53. The van der Waals surface area contributed by atoms with E-state index in [4.69, 9.17) is 0 Å².